The molecule has 1 amide bonds. The Morgan fingerprint density at radius 2 is 2.37 bits per heavy atom. The maximum atomic E-state index is 12.4. The van der Waals surface area contributed by atoms with E-state index in [1.807, 2.05) is 6.92 Å². The Morgan fingerprint density at radius 3 is 3.00 bits per heavy atom. The Kier molecular flexibility index (Phi) is 4.52. The highest BCUT2D eigenvalue weighted by Gasteiger charge is 2.30. The normalized spacial score (nSPS) is 19.3. The zero-order chi connectivity index (χ0) is 13.8. The maximum absolute atomic E-state index is 12.4. The van der Waals surface area contributed by atoms with Gasteiger partial charge in [0, 0.05) is 13.1 Å². The second-order valence-electron chi connectivity index (χ2n) is 4.61. The third-order valence-electron chi connectivity index (χ3n) is 3.27. The Bertz CT molecular complexity index is 472. The summed E-state index contributed by atoms with van der Waals surface area (Å²) in [4.78, 5) is 30.6. The van der Waals surface area contributed by atoms with Gasteiger partial charge in [-0.3, -0.25) is 9.59 Å². The minimum atomic E-state index is -0.193. The molecule has 0 bridgehead atoms. The third-order valence-corrected chi connectivity index (χ3v) is 4.18. The van der Waals surface area contributed by atoms with Crippen molar-refractivity contribution in [1.29, 1.82) is 0 Å². The number of aromatic nitrogens is 1. The third kappa shape index (κ3) is 3.12. The topological polar surface area (TPSA) is 59.5 Å². The molecule has 1 aromatic heterocycles. The fourth-order valence-corrected chi connectivity index (χ4v) is 3.03. The monoisotopic (exact) mass is 282 g/mol. The number of thiazole rings is 1. The minimum absolute atomic E-state index is 0.0194. The maximum Gasteiger partial charge on any atom is 0.310 e. The number of hydrogen-bond donors (Lipinski definition) is 0. The highest BCUT2D eigenvalue weighted by molar-refractivity contribution is 7.11. The zero-order valence-electron chi connectivity index (χ0n) is 11.2. The van der Waals surface area contributed by atoms with Crippen molar-refractivity contribution in [3.63, 3.8) is 0 Å². The summed E-state index contributed by atoms with van der Waals surface area (Å²) in [6, 6.07) is 0. The van der Waals surface area contributed by atoms with Gasteiger partial charge in [-0.2, -0.15) is 0 Å². The van der Waals surface area contributed by atoms with Crippen LogP contribution in [0.15, 0.2) is 5.51 Å². The van der Waals surface area contributed by atoms with Gasteiger partial charge in [-0.15, -0.1) is 11.3 Å². The lowest BCUT2D eigenvalue weighted by molar-refractivity contribution is -0.149. The average molecular weight is 282 g/mol. The van der Waals surface area contributed by atoms with E-state index in [0.717, 1.165) is 18.5 Å². The first-order valence-electron chi connectivity index (χ1n) is 6.49. The first-order valence-corrected chi connectivity index (χ1v) is 7.37. The molecule has 0 N–H and O–H groups in total. The summed E-state index contributed by atoms with van der Waals surface area (Å²) in [5, 5.41) is 0. The van der Waals surface area contributed by atoms with Crippen LogP contribution in [0.1, 0.15) is 35.1 Å². The number of aryl methyl sites for hydroxylation is 1. The van der Waals surface area contributed by atoms with E-state index in [9.17, 15) is 9.59 Å². The molecular weight excluding hydrogens is 264 g/mol. The summed E-state index contributed by atoms with van der Waals surface area (Å²) >= 11 is 1.35. The predicted molar refractivity (Wildman–Crippen MR) is 72.1 cm³/mol. The fraction of sp³-hybridized carbons (Fsp3) is 0.615. The molecule has 0 aromatic carbocycles. The second kappa shape index (κ2) is 6.14. The van der Waals surface area contributed by atoms with E-state index in [2.05, 4.69) is 4.98 Å². The fourth-order valence-electron chi connectivity index (χ4n) is 2.26. The molecule has 19 heavy (non-hydrogen) atoms. The molecule has 1 saturated heterocycles. The summed E-state index contributed by atoms with van der Waals surface area (Å²) in [6.07, 6.45) is 1.64. The van der Waals surface area contributed by atoms with Gasteiger partial charge in [-0.25, -0.2) is 4.98 Å². The van der Waals surface area contributed by atoms with Crippen molar-refractivity contribution in [1.82, 2.24) is 9.88 Å². The van der Waals surface area contributed by atoms with Crippen molar-refractivity contribution < 1.29 is 14.3 Å². The second-order valence-corrected chi connectivity index (χ2v) is 5.46. The molecule has 1 unspecified atom stereocenters. The minimum Gasteiger partial charge on any atom is -0.466 e. The van der Waals surface area contributed by atoms with E-state index in [0.29, 0.717) is 24.6 Å². The van der Waals surface area contributed by atoms with Gasteiger partial charge in [0.05, 0.1) is 23.7 Å². The lowest BCUT2D eigenvalue weighted by Gasteiger charge is -2.31. The summed E-state index contributed by atoms with van der Waals surface area (Å²) in [7, 11) is 0. The number of piperidine rings is 1. The Morgan fingerprint density at radius 1 is 1.58 bits per heavy atom. The van der Waals surface area contributed by atoms with Gasteiger partial charge < -0.3 is 9.64 Å². The molecule has 1 fully saturated rings. The average Bonchev–Trinajstić information content (AvgIpc) is 2.84. The largest absolute Gasteiger partial charge is 0.466 e. The summed E-state index contributed by atoms with van der Waals surface area (Å²) < 4.78 is 5.04. The lowest BCUT2D eigenvalue weighted by Crippen LogP contribution is -2.42. The van der Waals surface area contributed by atoms with Crippen molar-refractivity contribution in [2.24, 2.45) is 5.92 Å². The molecule has 1 aliphatic rings. The SMILES string of the molecule is CCOC(=O)C1CCCN(C(=O)c2scnc2C)C1. The molecule has 2 heterocycles. The molecule has 6 heteroatoms. The summed E-state index contributed by atoms with van der Waals surface area (Å²) in [5.74, 6) is -0.402. The standard InChI is InChI=1S/C13H18N2O3S/c1-3-18-13(17)10-5-4-6-15(7-10)12(16)11-9(2)14-8-19-11/h8,10H,3-7H2,1-2H3. The first kappa shape index (κ1) is 14.0. The Labute approximate surface area is 116 Å². The van der Waals surface area contributed by atoms with E-state index in [4.69, 9.17) is 4.74 Å². The molecule has 1 aromatic rings. The van der Waals surface area contributed by atoms with Crippen LogP contribution in [0.25, 0.3) is 0 Å². The molecule has 1 aliphatic heterocycles. The van der Waals surface area contributed by atoms with Crippen LogP contribution in [-0.4, -0.2) is 41.5 Å². The number of amides is 1. The van der Waals surface area contributed by atoms with E-state index in [-0.39, 0.29) is 17.8 Å². The van der Waals surface area contributed by atoms with Gasteiger partial charge in [0.25, 0.3) is 5.91 Å². The molecule has 2 rings (SSSR count). The number of esters is 1. The van der Waals surface area contributed by atoms with Gasteiger partial charge in [0.15, 0.2) is 0 Å². The van der Waals surface area contributed by atoms with Crippen LogP contribution in [-0.2, 0) is 9.53 Å². The molecule has 5 nitrogen and oxygen atoms in total. The molecule has 0 aliphatic carbocycles. The Balaban J connectivity index is 2.03. The smallest absolute Gasteiger partial charge is 0.310 e. The van der Waals surface area contributed by atoms with Gasteiger partial charge in [0.2, 0.25) is 0 Å². The number of rotatable bonds is 3. The van der Waals surface area contributed by atoms with Gasteiger partial charge in [0.1, 0.15) is 4.88 Å². The van der Waals surface area contributed by atoms with Crippen molar-refractivity contribution in [3.8, 4) is 0 Å². The molecule has 1 atom stereocenters. The number of carbonyl (C=O) groups excluding carboxylic acids is 2. The Hall–Kier alpha value is -1.43. The molecular formula is C13H18N2O3S. The molecule has 0 saturated carbocycles. The molecule has 104 valence electrons. The van der Waals surface area contributed by atoms with Gasteiger partial charge >= 0.3 is 5.97 Å². The van der Waals surface area contributed by atoms with E-state index in [1.54, 1.807) is 17.3 Å². The van der Waals surface area contributed by atoms with Gasteiger partial charge in [-0.05, 0) is 26.7 Å². The van der Waals surface area contributed by atoms with Crippen LogP contribution < -0.4 is 0 Å². The van der Waals surface area contributed by atoms with Crippen LogP contribution in [0.5, 0.6) is 0 Å². The summed E-state index contributed by atoms with van der Waals surface area (Å²) in [6.45, 7) is 5.17. The van der Waals surface area contributed by atoms with Gasteiger partial charge in [-0.1, -0.05) is 0 Å². The van der Waals surface area contributed by atoms with Crippen LogP contribution >= 0.6 is 11.3 Å². The number of carbonyl (C=O) groups is 2. The molecule has 0 radical (unpaired) electrons. The number of ether oxygens (including phenoxy) is 1. The predicted octanol–water partition coefficient (Wildman–Crippen LogP) is 1.87. The van der Waals surface area contributed by atoms with Crippen LogP contribution in [0, 0.1) is 12.8 Å². The van der Waals surface area contributed by atoms with Crippen LogP contribution in [0.3, 0.4) is 0 Å². The van der Waals surface area contributed by atoms with Crippen LogP contribution in [0.4, 0.5) is 0 Å². The van der Waals surface area contributed by atoms with Crippen molar-refractivity contribution in [3.05, 3.63) is 16.1 Å². The quantitative estimate of drug-likeness (QED) is 0.794. The van der Waals surface area contributed by atoms with Crippen molar-refractivity contribution in [2.75, 3.05) is 19.7 Å². The summed E-state index contributed by atoms with van der Waals surface area (Å²) in [5.41, 5.74) is 2.43. The molecule has 0 spiro atoms. The highest BCUT2D eigenvalue weighted by atomic mass is 32.1. The number of nitrogens with zero attached hydrogens (tertiary/aromatic N) is 2. The van der Waals surface area contributed by atoms with Crippen molar-refractivity contribution >= 4 is 23.2 Å². The van der Waals surface area contributed by atoms with E-state index >= 15 is 0 Å². The zero-order valence-corrected chi connectivity index (χ0v) is 12.0. The first-order chi connectivity index (χ1) is 9.13. The van der Waals surface area contributed by atoms with Crippen LogP contribution in [0.2, 0.25) is 0 Å². The number of likely N-dealkylation sites (tertiary alicyclic amines) is 1. The number of hydrogen-bond acceptors (Lipinski definition) is 5. The highest BCUT2D eigenvalue weighted by Crippen LogP contribution is 2.22. The van der Waals surface area contributed by atoms with E-state index in [1.165, 1.54) is 11.3 Å². The van der Waals surface area contributed by atoms with Crippen molar-refractivity contribution in [2.45, 2.75) is 26.7 Å². The van der Waals surface area contributed by atoms with E-state index < -0.39 is 0 Å². The lowest BCUT2D eigenvalue weighted by atomic mass is 9.98.